The molecule has 3 fully saturated rings. The Morgan fingerprint density at radius 1 is 1.26 bits per heavy atom. The zero-order valence-electron chi connectivity index (χ0n) is 12.2. The number of likely N-dealkylation sites (N-methyl/N-ethyl adjacent to an activating group) is 1. The van der Waals surface area contributed by atoms with E-state index in [1.807, 2.05) is 7.05 Å². The number of nitrogens with one attached hydrogen (secondary N) is 1. The van der Waals surface area contributed by atoms with Crippen molar-refractivity contribution in [1.29, 1.82) is 0 Å². The molecule has 2 heterocycles. The van der Waals surface area contributed by atoms with Crippen LogP contribution in [0.15, 0.2) is 0 Å². The highest BCUT2D eigenvalue weighted by molar-refractivity contribution is 4.95. The normalized spacial score (nSPS) is 35.8. The molecule has 1 aliphatic carbocycles. The lowest BCUT2D eigenvalue weighted by Gasteiger charge is -2.45. The third-order valence-corrected chi connectivity index (χ3v) is 5.10. The molecule has 2 aliphatic heterocycles. The van der Waals surface area contributed by atoms with Gasteiger partial charge in [0.15, 0.2) is 0 Å². The van der Waals surface area contributed by atoms with Crippen molar-refractivity contribution in [3.63, 3.8) is 0 Å². The van der Waals surface area contributed by atoms with Crippen molar-refractivity contribution >= 4 is 0 Å². The fourth-order valence-electron chi connectivity index (χ4n) is 4.11. The highest BCUT2D eigenvalue weighted by Gasteiger charge is 2.42. The zero-order chi connectivity index (χ0) is 13.1. The van der Waals surface area contributed by atoms with E-state index in [0.29, 0.717) is 6.10 Å². The molecule has 2 unspecified atom stereocenters. The SMILES string of the molecule is CNCC1CN(C2CCOC3(CCCC3)C2)CCO1. The van der Waals surface area contributed by atoms with E-state index in [1.54, 1.807) is 0 Å². The molecule has 1 N–H and O–H groups in total. The molecule has 0 amide bonds. The van der Waals surface area contributed by atoms with E-state index in [9.17, 15) is 0 Å². The van der Waals surface area contributed by atoms with Crippen LogP contribution < -0.4 is 5.32 Å². The van der Waals surface area contributed by atoms with Crippen molar-refractivity contribution in [2.24, 2.45) is 0 Å². The van der Waals surface area contributed by atoms with Crippen molar-refractivity contribution < 1.29 is 9.47 Å². The number of morpholine rings is 1. The van der Waals surface area contributed by atoms with Crippen LogP contribution in [0.5, 0.6) is 0 Å². The summed E-state index contributed by atoms with van der Waals surface area (Å²) in [5.74, 6) is 0. The van der Waals surface area contributed by atoms with Crippen LogP contribution in [0.2, 0.25) is 0 Å². The maximum atomic E-state index is 6.15. The van der Waals surface area contributed by atoms with Crippen molar-refractivity contribution in [3.05, 3.63) is 0 Å². The predicted molar refractivity (Wildman–Crippen MR) is 75.4 cm³/mol. The largest absolute Gasteiger partial charge is 0.375 e. The fourth-order valence-corrected chi connectivity index (χ4v) is 4.11. The summed E-state index contributed by atoms with van der Waals surface area (Å²) in [5, 5.41) is 3.23. The van der Waals surface area contributed by atoms with Crippen LogP contribution in [-0.4, -0.2) is 62.5 Å². The molecule has 19 heavy (non-hydrogen) atoms. The van der Waals surface area contributed by atoms with Gasteiger partial charge in [0.2, 0.25) is 0 Å². The lowest BCUT2D eigenvalue weighted by molar-refractivity contribution is -0.120. The van der Waals surface area contributed by atoms with E-state index in [0.717, 1.165) is 38.9 Å². The van der Waals surface area contributed by atoms with E-state index in [-0.39, 0.29) is 5.60 Å². The monoisotopic (exact) mass is 268 g/mol. The molecule has 4 heteroatoms. The maximum absolute atomic E-state index is 6.15. The summed E-state index contributed by atoms with van der Waals surface area (Å²) in [6.45, 7) is 4.99. The molecule has 0 radical (unpaired) electrons. The standard InChI is InChI=1S/C15H28N2O2/c1-16-11-14-12-17(7-9-18-14)13-4-8-19-15(10-13)5-2-3-6-15/h13-14,16H,2-12H2,1H3. The predicted octanol–water partition coefficient (Wildman–Crippen LogP) is 1.40. The van der Waals surface area contributed by atoms with Gasteiger partial charge in [0.1, 0.15) is 0 Å². The minimum absolute atomic E-state index is 0.236. The van der Waals surface area contributed by atoms with E-state index in [2.05, 4.69) is 10.2 Å². The van der Waals surface area contributed by atoms with E-state index >= 15 is 0 Å². The molecule has 1 spiro atoms. The Morgan fingerprint density at radius 3 is 2.89 bits per heavy atom. The molecular weight excluding hydrogens is 240 g/mol. The van der Waals surface area contributed by atoms with Crippen molar-refractivity contribution in [1.82, 2.24) is 10.2 Å². The Kier molecular flexibility index (Phi) is 4.42. The van der Waals surface area contributed by atoms with E-state index in [4.69, 9.17) is 9.47 Å². The van der Waals surface area contributed by atoms with Crippen molar-refractivity contribution in [3.8, 4) is 0 Å². The van der Waals surface area contributed by atoms with Crippen LogP contribution in [0.3, 0.4) is 0 Å². The van der Waals surface area contributed by atoms with Crippen molar-refractivity contribution in [2.75, 3.05) is 39.9 Å². The van der Waals surface area contributed by atoms with Crippen LogP contribution in [0, 0.1) is 0 Å². The number of hydrogen-bond donors (Lipinski definition) is 1. The summed E-state index contributed by atoms with van der Waals surface area (Å²) in [5.41, 5.74) is 0.236. The first kappa shape index (κ1) is 13.8. The highest BCUT2D eigenvalue weighted by atomic mass is 16.5. The Morgan fingerprint density at radius 2 is 2.11 bits per heavy atom. The molecule has 0 aromatic carbocycles. The molecular formula is C15H28N2O2. The lowest BCUT2D eigenvalue weighted by atomic mass is 9.88. The summed E-state index contributed by atoms with van der Waals surface area (Å²) in [6.07, 6.45) is 8.10. The minimum atomic E-state index is 0.236. The molecule has 3 aliphatic rings. The number of rotatable bonds is 3. The van der Waals surface area contributed by atoms with Gasteiger partial charge in [0.25, 0.3) is 0 Å². The van der Waals surface area contributed by atoms with Gasteiger partial charge in [-0.05, 0) is 32.7 Å². The van der Waals surface area contributed by atoms with E-state index < -0.39 is 0 Å². The van der Waals surface area contributed by atoms with Gasteiger partial charge in [-0.3, -0.25) is 4.90 Å². The zero-order valence-corrected chi connectivity index (χ0v) is 12.2. The summed E-state index contributed by atoms with van der Waals surface area (Å²) < 4.78 is 12.0. The summed E-state index contributed by atoms with van der Waals surface area (Å²) >= 11 is 0. The Balaban J connectivity index is 1.58. The summed E-state index contributed by atoms with van der Waals surface area (Å²) in [4.78, 5) is 2.66. The van der Waals surface area contributed by atoms with Crippen molar-refractivity contribution in [2.45, 2.75) is 56.3 Å². The first-order chi connectivity index (χ1) is 9.31. The van der Waals surface area contributed by atoms with Gasteiger partial charge in [-0.15, -0.1) is 0 Å². The average molecular weight is 268 g/mol. The Labute approximate surface area is 116 Å². The Bertz CT molecular complexity index is 290. The molecule has 3 rings (SSSR count). The molecule has 0 aromatic rings. The van der Waals surface area contributed by atoms with Gasteiger partial charge >= 0.3 is 0 Å². The topological polar surface area (TPSA) is 33.7 Å². The molecule has 2 atom stereocenters. The quantitative estimate of drug-likeness (QED) is 0.839. The second-order valence-electron chi connectivity index (χ2n) is 6.43. The van der Waals surface area contributed by atoms with Crippen LogP contribution in [-0.2, 0) is 9.47 Å². The van der Waals surface area contributed by atoms with Gasteiger partial charge in [-0.2, -0.15) is 0 Å². The second-order valence-corrected chi connectivity index (χ2v) is 6.43. The van der Waals surface area contributed by atoms with Gasteiger partial charge < -0.3 is 14.8 Å². The van der Waals surface area contributed by atoms with Crippen LogP contribution in [0.4, 0.5) is 0 Å². The molecule has 1 saturated carbocycles. The fraction of sp³-hybridized carbons (Fsp3) is 1.00. The van der Waals surface area contributed by atoms with Crippen LogP contribution >= 0.6 is 0 Å². The summed E-state index contributed by atoms with van der Waals surface area (Å²) in [7, 11) is 2.00. The van der Waals surface area contributed by atoms with Gasteiger partial charge in [0, 0.05) is 32.3 Å². The average Bonchev–Trinajstić information content (AvgIpc) is 2.87. The smallest absolute Gasteiger partial charge is 0.0826 e. The van der Waals surface area contributed by atoms with Gasteiger partial charge in [-0.1, -0.05) is 12.8 Å². The third-order valence-electron chi connectivity index (χ3n) is 5.10. The minimum Gasteiger partial charge on any atom is -0.375 e. The maximum Gasteiger partial charge on any atom is 0.0826 e. The van der Waals surface area contributed by atoms with Crippen LogP contribution in [0.1, 0.15) is 38.5 Å². The van der Waals surface area contributed by atoms with Gasteiger partial charge in [-0.25, -0.2) is 0 Å². The second kappa shape index (κ2) is 6.08. The number of hydrogen-bond acceptors (Lipinski definition) is 4. The lowest BCUT2D eigenvalue weighted by Crippen LogP contribution is -2.54. The molecule has 0 bridgehead atoms. The van der Waals surface area contributed by atoms with Crippen LogP contribution in [0.25, 0.3) is 0 Å². The first-order valence-corrected chi connectivity index (χ1v) is 7.96. The molecule has 0 aromatic heterocycles. The first-order valence-electron chi connectivity index (χ1n) is 7.96. The Hall–Kier alpha value is -0.160. The molecule has 110 valence electrons. The molecule has 4 nitrogen and oxygen atoms in total. The molecule has 2 saturated heterocycles. The summed E-state index contributed by atoms with van der Waals surface area (Å²) in [6, 6.07) is 0.718. The third kappa shape index (κ3) is 3.13. The van der Waals surface area contributed by atoms with E-state index in [1.165, 1.54) is 38.5 Å². The van der Waals surface area contributed by atoms with Gasteiger partial charge in [0.05, 0.1) is 18.3 Å². The highest BCUT2D eigenvalue weighted by Crippen LogP contribution is 2.41. The number of nitrogens with zero attached hydrogens (tertiary/aromatic N) is 1. The number of ether oxygens (including phenoxy) is 2.